The van der Waals surface area contributed by atoms with Crippen molar-refractivity contribution in [1.29, 1.82) is 0 Å². The van der Waals surface area contributed by atoms with Gasteiger partial charge in [0.05, 0.1) is 27.6 Å². The van der Waals surface area contributed by atoms with Crippen LogP contribution in [-0.2, 0) is 27.1 Å². The van der Waals surface area contributed by atoms with E-state index in [1.807, 2.05) is 0 Å². The maximum atomic E-state index is 13.0. The average Bonchev–Trinajstić information content (AvgIpc) is 2.52. The molecule has 2 aromatic rings. The normalized spacial score (nSPS) is 11.7. The summed E-state index contributed by atoms with van der Waals surface area (Å²) in [7, 11) is -4.43. The number of alkyl halides is 3. The van der Waals surface area contributed by atoms with Gasteiger partial charge in [0.2, 0.25) is 0 Å². The first-order chi connectivity index (χ1) is 11.5. The van der Waals surface area contributed by atoms with Crippen LogP contribution in [0.2, 0.25) is 5.02 Å². The van der Waals surface area contributed by atoms with Crippen molar-refractivity contribution in [3.8, 4) is 0 Å². The minimum absolute atomic E-state index is 0. The first-order valence-corrected chi connectivity index (χ1v) is 8.29. The van der Waals surface area contributed by atoms with E-state index in [9.17, 15) is 31.7 Å². The molecule has 0 aliphatic carbocycles. The molecule has 0 saturated carbocycles. The molecule has 2 aromatic carbocycles. The Hall–Kier alpha value is -1.17. The molecule has 0 bridgehead atoms. The van der Waals surface area contributed by atoms with E-state index >= 15 is 0 Å². The van der Waals surface area contributed by atoms with Gasteiger partial charge in [-0.15, -0.1) is 0 Å². The summed E-state index contributed by atoms with van der Waals surface area (Å²) >= 11 is 5.63. The maximum absolute atomic E-state index is 13.0. The summed E-state index contributed by atoms with van der Waals surface area (Å²) in [6, 6.07) is 7.01. The van der Waals surface area contributed by atoms with E-state index in [1.54, 1.807) is 0 Å². The van der Waals surface area contributed by atoms with Crippen LogP contribution in [-0.4, -0.2) is 42.9 Å². The van der Waals surface area contributed by atoms with Crippen LogP contribution in [0.4, 0.5) is 18.9 Å². The van der Waals surface area contributed by atoms with Gasteiger partial charge in [-0.2, -0.15) is 21.6 Å². The third-order valence-electron chi connectivity index (χ3n) is 3.11. The van der Waals surface area contributed by atoms with Crippen LogP contribution in [0.1, 0.15) is 11.1 Å². The molecule has 0 spiro atoms. The number of hydrogen-bond donors (Lipinski definition) is 0. The second-order valence-electron chi connectivity index (χ2n) is 4.73. The van der Waals surface area contributed by atoms with Crippen molar-refractivity contribution >= 4 is 57.0 Å². The Morgan fingerprint density at radius 2 is 1.69 bits per heavy atom. The van der Waals surface area contributed by atoms with Crippen LogP contribution in [0.3, 0.4) is 0 Å². The summed E-state index contributed by atoms with van der Waals surface area (Å²) in [5.74, 6) is 0. The predicted molar refractivity (Wildman–Crippen MR) is 87.3 cm³/mol. The van der Waals surface area contributed by atoms with Crippen LogP contribution < -0.4 is 0 Å². The Labute approximate surface area is 173 Å². The minimum atomic E-state index is -4.91. The van der Waals surface area contributed by atoms with E-state index in [0.29, 0.717) is 6.07 Å². The van der Waals surface area contributed by atoms with E-state index in [2.05, 4.69) is 4.18 Å². The number of benzene rings is 2. The van der Waals surface area contributed by atoms with E-state index < -0.39 is 44.6 Å². The minimum Gasteiger partial charge on any atom is -0.261 e. The molecule has 135 valence electrons. The van der Waals surface area contributed by atoms with Gasteiger partial charge in [0.25, 0.3) is 15.8 Å². The van der Waals surface area contributed by atoms with Gasteiger partial charge >= 0.3 is 6.18 Å². The van der Waals surface area contributed by atoms with E-state index in [1.165, 1.54) is 12.1 Å². The number of rotatable bonds is 5. The fourth-order valence-corrected chi connectivity index (χ4v) is 2.97. The fraction of sp³-hybridized carbons (Fsp3) is 0.143. The Morgan fingerprint density at radius 3 is 2.19 bits per heavy atom. The van der Waals surface area contributed by atoms with Gasteiger partial charge in [0, 0.05) is 40.6 Å². The molecule has 0 amide bonds. The molecule has 2 rings (SSSR count). The van der Waals surface area contributed by atoms with Crippen molar-refractivity contribution in [2.24, 2.45) is 0 Å². The van der Waals surface area contributed by atoms with Crippen molar-refractivity contribution in [2.75, 3.05) is 0 Å². The number of hydrogen-bond acceptors (Lipinski definition) is 5. The molecular weight excluding hydrogens is 410 g/mol. The maximum Gasteiger partial charge on any atom is 0.417 e. The topological polar surface area (TPSA) is 86.5 Å². The summed E-state index contributed by atoms with van der Waals surface area (Å²) in [6.45, 7) is -1.14. The molecule has 0 aromatic heterocycles. The van der Waals surface area contributed by atoms with Crippen molar-refractivity contribution in [1.82, 2.24) is 0 Å². The monoisotopic (exact) mass is 418 g/mol. The largest absolute Gasteiger partial charge is 0.417 e. The smallest absolute Gasteiger partial charge is 0.261 e. The zero-order valence-corrected chi connectivity index (χ0v) is 16.7. The van der Waals surface area contributed by atoms with Gasteiger partial charge in [-0.3, -0.25) is 14.3 Å². The summed E-state index contributed by atoms with van der Waals surface area (Å²) in [5, 5.41) is 11.2. The summed E-state index contributed by atoms with van der Waals surface area (Å²) < 4.78 is 67.8. The number of nitrogens with zero attached hydrogens (tertiary/aromatic N) is 1. The molecule has 1 radical (unpaired) electrons. The number of nitro benzene ring substituents is 1. The first kappa shape index (κ1) is 22.9. The molecule has 12 heteroatoms. The Bertz CT molecular complexity index is 904. The van der Waals surface area contributed by atoms with E-state index in [4.69, 9.17) is 11.6 Å². The Kier molecular flexibility index (Phi) is 7.63. The molecular formula is C14H9ClF3NNaO5S. The average molecular weight is 419 g/mol. The second-order valence-corrected chi connectivity index (χ2v) is 6.78. The fourth-order valence-electron chi connectivity index (χ4n) is 1.97. The van der Waals surface area contributed by atoms with E-state index in [0.717, 1.165) is 24.3 Å². The number of halogens is 4. The molecule has 0 aliphatic rings. The van der Waals surface area contributed by atoms with Crippen LogP contribution in [0.25, 0.3) is 0 Å². The van der Waals surface area contributed by atoms with Gasteiger partial charge < -0.3 is 0 Å². The van der Waals surface area contributed by atoms with Crippen molar-refractivity contribution in [3.63, 3.8) is 0 Å². The van der Waals surface area contributed by atoms with Gasteiger partial charge in [0.1, 0.15) is 0 Å². The number of nitro groups is 1. The van der Waals surface area contributed by atoms with E-state index in [-0.39, 0.29) is 39.5 Å². The standard InChI is InChI=1S/C14H9ClF3NO5S.Na/c15-9-4-6-10(7-5-9)25(22,23)24-8-11-12(14(16,17)18)2-1-3-13(11)19(20)21;/h1-7H,8H2;. The molecule has 0 unspecified atom stereocenters. The molecule has 6 nitrogen and oxygen atoms in total. The molecule has 26 heavy (non-hydrogen) atoms. The molecule has 0 N–H and O–H groups in total. The summed E-state index contributed by atoms with van der Waals surface area (Å²) in [4.78, 5) is 9.57. The molecule has 0 aliphatic heterocycles. The zero-order chi connectivity index (χ0) is 18.8. The predicted octanol–water partition coefficient (Wildman–Crippen LogP) is 3.79. The molecule has 0 saturated heterocycles. The summed E-state index contributed by atoms with van der Waals surface area (Å²) in [6.07, 6.45) is -4.91. The van der Waals surface area contributed by atoms with Crippen molar-refractivity contribution in [2.45, 2.75) is 17.7 Å². The van der Waals surface area contributed by atoms with Gasteiger partial charge in [0.15, 0.2) is 0 Å². The molecule has 0 heterocycles. The zero-order valence-electron chi connectivity index (χ0n) is 13.2. The van der Waals surface area contributed by atoms with Crippen molar-refractivity contribution < 1.29 is 30.7 Å². The SMILES string of the molecule is O=[N+]([O-])c1cccc(C(F)(F)F)c1COS(=O)(=O)c1ccc(Cl)cc1.[Na]. The Balaban J connectivity index is 0.00000338. The first-order valence-electron chi connectivity index (χ1n) is 6.51. The van der Waals surface area contributed by atoms with Crippen LogP contribution >= 0.6 is 11.6 Å². The Morgan fingerprint density at radius 1 is 1.12 bits per heavy atom. The quantitative estimate of drug-likeness (QED) is 0.319. The van der Waals surface area contributed by atoms with Gasteiger partial charge in [-0.1, -0.05) is 17.7 Å². The molecule has 0 fully saturated rings. The van der Waals surface area contributed by atoms with Gasteiger partial charge in [-0.25, -0.2) is 0 Å². The third kappa shape index (κ3) is 5.41. The second kappa shape index (κ2) is 8.68. The van der Waals surface area contributed by atoms with Gasteiger partial charge in [-0.05, 0) is 30.3 Å². The van der Waals surface area contributed by atoms with Crippen LogP contribution in [0.15, 0.2) is 47.4 Å². The van der Waals surface area contributed by atoms with Crippen LogP contribution in [0.5, 0.6) is 0 Å². The summed E-state index contributed by atoms with van der Waals surface area (Å²) in [5.41, 5.74) is -3.10. The molecule has 0 atom stereocenters. The van der Waals surface area contributed by atoms with Crippen molar-refractivity contribution in [3.05, 3.63) is 68.7 Å². The van der Waals surface area contributed by atoms with Crippen LogP contribution in [0, 0.1) is 10.1 Å². The third-order valence-corrected chi connectivity index (χ3v) is 4.64.